The van der Waals surface area contributed by atoms with Crippen LogP contribution >= 0.6 is 11.6 Å². The molecule has 0 atom stereocenters. The molecule has 0 heterocycles. The van der Waals surface area contributed by atoms with Gasteiger partial charge in [-0.1, -0.05) is 11.6 Å². The third-order valence-electron chi connectivity index (χ3n) is 4.90. The number of aliphatic carboxylic acids is 1. The molecule has 8 nitrogen and oxygen atoms in total. The molecule has 140 valence electrons. The van der Waals surface area contributed by atoms with Crippen LogP contribution in [0.1, 0.15) is 36.0 Å². The Bertz CT molecular complexity index is 731. The van der Waals surface area contributed by atoms with Crippen LogP contribution in [0, 0.1) is 16.0 Å². The topological polar surface area (TPSA) is 113 Å². The van der Waals surface area contributed by atoms with E-state index in [1.807, 2.05) is 4.90 Å². The highest BCUT2D eigenvalue weighted by molar-refractivity contribution is 6.33. The number of hydrogen-bond donors (Lipinski definition) is 2. The molecule has 0 aliphatic heterocycles. The van der Waals surface area contributed by atoms with E-state index in [9.17, 15) is 19.7 Å². The number of nitro groups is 1. The van der Waals surface area contributed by atoms with Gasteiger partial charge in [0.1, 0.15) is 5.02 Å². The number of carboxylic acids is 1. The summed E-state index contributed by atoms with van der Waals surface area (Å²) in [7, 11) is 0. The normalized spacial score (nSPS) is 21.9. The highest BCUT2D eigenvalue weighted by Crippen LogP contribution is 2.34. The molecule has 0 aromatic heterocycles. The molecule has 1 aromatic rings. The fourth-order valence-electron chi connectivity index (χ4n) is 3.22. The van der Waals surface area contributed by atoms with E-state index in [4.69, 9.17) is 16.7 Å². The van der Waals surface area contributed by atoms with Crippen LogP contribution in [0.2, 0.25) is 5.02 Å². The number of benzene rings is 1. The average Bonchev–Trinajstić information content (AvgIpc) is 3.32. The van der Waals surface area contributed by atoms with Gasteiger partial charge in [0.15, 0.2) is 0 Å². The third-order valence-corrected chi connectivity index (χ3v) is 5.20. The molecule has 2 saturated carbocycles. The summed E-state index contributed by atoms with van der Waals surface area (Å²) in [5.41, 5.74) is 0.0285. The maximum atomic E-state index is 12.3. The number of nitrogens with one attached hydrogen (secondary N) is 1. The first-order valence-corrected chi connectivity index (χ1v) is 8.92. The summed E-state index contributed by atoms with van der Waals surface area (Å²) in [6.45, 7) is 0.829. The number of nitro benzene ring substituents is 1. The first-order valence-electron chi connectivity index (χ1n) is 8.54. The fraction of sp³-hybridized carbons (Fsp3) is 0.529. The van der Waals surface area contributed by atoms with Crippen molar-refractivity contribution in [1.82, 2.24) is 10.2 Å². The standard InChI is InChI=1S/C17H20ClN3O5/c18-14-5-11(3-4-15(14)21(25)26)17(24)19-12-6-13(7-12)20(9-16(22)23)8-10-1-2-10/h3-5,10,12-13H,1-2,6-9H2,(H,19,24)(H,22,23). The van der Waals surface area contributed by atoms with Crippen molar-refractivity contribution in [3.8, 4) is 0 Å². The first-order chi connectivity index (χ1) is 12.3. The van der Waals surface area contributed by atoms with Gasteiger partial charge in [-0.3, -0.25) is 24.6 Å². The molecule has 1 amide bonds. The number of hydrogen-bond acceptors (Lipinski definition) is 5. The molecule has 26 heavy (non-hydrogen) atoms. The van der Waals surface area contributed by atoms with Crippen molar-refractivity contribution in [2.24, 2.45) is 5.92 Å². The third kappa shape index (κ3) is 4.50. The molecule has 2 aliphatic rings. The summed E-state index contributed by atoms with van der Waals surface area (Å²) in [5, 5.41) is 22.6. The van der Waals surface area contributed by atoms with Crippen molar-refractivity contribution >= 4 is 29.2 Å². The summed E-state index contributed by atoms with van der Waals surface area (Å²) >= 11 is 5.84. The Morgan fingerprint density at radius 1 is 1.35 bits per heavy atom. The molecule has 0 spiro atoms. The van der Waals surface area contributed by atoms with E-state index in [0.717, 1.165) is 19.4 Å². The zero-order valence-corrected chi connectivity index (χ0v) is 14.8. The quantitative estimate of drug-likeness (QED) is 0.527. The predicted octanol–water partition coefficient (Wildman–Crippen LogP) is 2.31. The van der Waals surface area contributed by atoms with Gasteiger partial charge < -0.3 is 10.4 Å². The number of carboxylic acid groups (broad SMARTS) is 1. The smallest absolute Gasteiger partial charge is 0.317 e. The molecule has 0 radical (unpaired) electrons. The SMILES string of the molecule is O=C(O)CN(CC1CC1)C1CC(NC(=O)c2ccc([N+](=O)[O-])c(Cl)c2)C1. The molecule has 1 aromatic carbocycles. The van der Waals surface area contributed by atoms with Crippen LogP contribution < -0.4 is 5.32 Å². The molecular weight excluding hydrogens is 362 g/mol. The summed E-state index contributed by atoms with van der Waals surface area (Å²) in [6.07, 6.45) is 3.72. The highest BCUT2D eigenvalue weighted by atomic mass is 35.5. The number of rotatable bonds is 8. The lowest BCUT2D eigenvalue weighted by Gasteiger charge is -2.42. The highest BCUT2D eigenvalue weighted by Gasteiger charge is 2.37. The summed E-state index contributed by atoms with van der Waals surface area (Å²) in [4.78, 5) is 35.5. The minimum Gasteiger partial charge on any atom is -0.480 e. The molecule has 2 N–H and O–H groups in total. The minimum absolute atomic E-state index is 0.0276. The van der Waals surface area contributed by atoms with E-state index in [-0.39, 0.29) is 40.8 Å². The first kappa shape index (κ1) is 18.6. The summed E-state index contributed by atoms with van der Waals surface area (Å²) < 4.78 is 0. The maximum Gasteiger partial charge on any atom is 0.317 e. The maximum absolute atomic E-state index is 12.3. The fourth-order valence-corrected chi connectivity index (χ4v) is 3.47. The molecule has 9 heteroatoms. The minimum atomic E-state index is -0.835. The van der Waals surface area contributed by atoms with Crippen molar-refractivity contribution in [2.75, 3.05) is 13.1 Å². The molecule has 0 bridgehead atoms. The lowest BCUT2D eigenvalue weighted by atomic mass is 9.85. The zero-order valence-electron chi connectivity index (χ0n) is 14.1. The second-order valence-electron chi connectivity index (χ2n) is 6.99. The largest absolute Gasteiger partial charge is 0.480 e. The van der Waals surface area contributed by atoms with Gasteiger partial charge in [-0.25, -0.2) is 0 Å². The van der Waals surface area contributed by atoms with Crippen molar-refractivity contribution in [3.05, 3.63) is 38.9 Å². The van der Waals surface area contributed by atoms with Crippen LogP contribution in [0.3, 0.4) is 0 Å². The van der Waals surface area contributed by atoms with Gasteiger partial charge in [0, 0.05) is 30.3 Å². The number of carbonyl (C=O) groups excluding carboxylic acids is 1. The monoisotopic (exact) mass is 381 g/mol. The molecule has 2 fully saturated rings. The van der Waals surface area contributed by atoms with Gasteiger partial charge in [0.2, 0.25) is 0 Å². The summed E-state index contributed by atoms with van der Waals surface area (Å²) in [6, 6.07) is 4.01. The van der Waals surface area contributed by atoms with E-state index >= 15 is 0 Å². The van der Waals surface area contributed by atoms with Gasteiger partial charge in [-0.05, 0) is 43.7 Å². The number of amides is 1. The Kier molecular flexibility index (Phi) is 5.43. The zero-order chi connectivity index (χ0) is 18.8. The molecular formula is C17H20ClN3O5. The van der Waals surface area contributed by atoms with Crippen LogP contribution in [0.15, 0.2) is 18.2 Å². The Morgan fingerprint density at radius 2 is 2.04 bits per heavy atom. The van der Waals surface area contributed by atoms with E-state index in [0.29, 0.717) is 18.8 Å². The number of halogens is 1. The second kappa shape index (κ2) is 7.59. The van der Waals surface area contributed by atoms with Gasteiger partial charge in [-0.15, -0.1) is 0 Å². The van der Waals surface area contributed by atoms with Gasteiger partial charge in [-0.2, -0.15) is 0 Å². The lowest BCUT2D eigenvalue weighted by molar-refractivity contribution is -0.384. The number of carbonyl (C=O) groups is 2. The van der Waals surface area contributed by atoms with Gasteiger partial charge >= 0.3 is 5.97 Å². The average molecular weight is 382 g/mol. The Labute approximate surface area is 155 Å². The van der Waals surface area contributed by atoms with E-state index in [1.54, 1.807) is 0 Å². The molecule has 0 saturated heterocycles. The van der Waals surface area contributed by atoms with Crippen LogP contribution in [0.25, 0.3) is 0 Å². The Hall–Kier alpha value is -2.19. The molecule has 0 unspecified atom stereocenters. The molecule has 3 rings (SSSR count). The second-order valence-corrected chi connectivity index (χ2v) is 7.39. The van der Waals surface area contributed by atoms with Crippen LogP contribution in [0.5, 0.6) is 0 Å². The van der Waals surface area contributed by atoms with Crippen LogP contribution in [-0.4, -0.2) is 52.0 Å². The van der Waals surface area contributed by atoms with Crippen molar-refractivity contribution in [2.45, 2.75) is 37.8 Å². The van der Waals surface area contributed by atoms with Crippen LogP contribution in [0.4, 0.5) is 5.69 Å². The van der Waals surface area contributed by atoms with Crippen molar-refractivity contribution in [3.63, 3.8) is 0 Å². The van der Waals surface area contributed by atoms with E-state index in [1.165, 1.54) is 18.2 Å². The van der Waals surface area contributed by atoms with E-state index < -0.39 is 10.9 Å². The van der Waals surface area contributed by atoms with Crippen molar-refractivity contribution < 1.29 is 19.6 Å². The Balaban J connectivity index is 1.52. The lowest BCUT2D eigenvalue weighted by Crippen LogP contribution is -2.55. The molecule has 2 aliphatic carbocycles. The van der Waals surface area contributed by atoms with Crippen molar-refractivity contribution in [1.29, 1.82) is 0 Å². The summed E-state index contributed by atoms with van der Waals surface area (Å²) in [5.74, 6) is -0.568. The van der Waals surface area contributed by atoms with Crippen LogP contribution in [-0.2, 0) is 4.79 Å². The Morgan fingerprint density at radius 3 is 2.58 bits per heavy atom. The van der Waals surface area contributed by atoms with E-state index in [2.05, 4.69) is 5.32 Å². The van der Waals surface area contributed by atoms with Gasteiger partial charge in [0.25, 0.3) is 11.6 Å². The van der Waals surface area contributed by atoms with Gasteiger partial charge in [0.05, 0.1) is 11.5 Å². The number of nitrogens with zero attached hydrogens (tertiary/aromatic N) is 2. The predicted molar refractivity (Wildman–Crippen MR) is 94.3 cm³/mol.